The Hall–Kier alpha value is -0.153. The van der Waals surface area contributed by atoms with E-state index in [0.717, 1.165) is 43.4 Å². The lowest BCUT2D eigenvalue weighted by molar-refractivity contribution is -0.910. The van der Waals surface area contributed by atoms with Crippen molar-refractivity contribution in [3.05, 3.63) is 0 Å². The van der Waals surface area contributed by atoms with Gasteiger partial charge in [0.15, 0.2) is 0 Å². The van der Waals surface area contributed by atoms with Gasteiger partial charge in [0.1, 0.15) is 0 Å². The third kappa shape index (κ3) is 16.5. The van der Waals surface area contributed by atoms with Crippen LogP contribution in [0.15, 0.2) is 0 Å². The molecule has 0 fully saturated rings. The Kier molecular flexibility index (Phi) is 17.3. The highest BCUT2D eigenvalue weighted by atomic mass is 32.2. The van der Waals surface area contributed by atoms with Gasteiger partial charge in [0, 0.05) is 12.5 Å². The van der Waals surface area contributed by atoms with E-state index in [1.807, 2.05) is 0 Å². The van der Waals surface area contributed by atoms with Gasteiger partial charge in [0.05, 0.1) is 57.8 Å². The molecule has 0 saturated heterocycles. The average Bonchev–Trinajstić information content (AvgIpc) is 2.76. The smallest absolute Gasteiger partial charge is 0.394 e. The van der Waals surface area contributed by atoms with Crippen LogP contribution in [0, 0.1) is 0 Å². The third-order valence-electron chi connectivity index (χ3n) is 6.32. The summed E-state index contributed by atoms with van der Waals surface area (Å²) in [5, 5.41) is 22.3. The molecule has 0 saturated carbocycles. The fourth-order valence-corrected chi connectivity index (χ4v) is 5.71. The van der Waals surface area contributed by atoms with Crippen molar-refractivity contribution in [1.29, 1.82) is 0 Å². The van der Waals surface area contributed by atoms with E-state index < -0.39 is 43.4 Å². The average molecular weight is 532 g/mol. The Morgan fingerprint density at radius 3 is 1.94 bits per heavy atom. The third-order valence-corrected chi connectivity index (χ3v) is 8.73. The van der Waals surface area contributed by atoms with Crippen LogP contribution in [0.25, 0.3) is 0 Å². The molecule has 0 aromatic heterocycles. The summed E-state index contributed by atoms with van der Waals surface area (Å²) >= 11 is 0. The van der Waals surface area contributed by atoms with E-state index in [0.29, 0.717) is 6.42 Å². The Morgan fingerprint density at radius 2 is 1.41 bits per heavy atom. The van der Waals surface area contributed by atoms with Crippen molar-refractivity contribution in [1.82, 2.24) is 5.32 Å². The number of hydrogen-bond donors (Lipinski definition) is 6. The first-order valence-electron chi connectivity index (χ1n) is 12.7. The van der Waals surface area contributed by atoms with Crippen LogP contribution in [0.2, 0.25) is 6.04 Å². The van der Waals surface area contributed by atoms with Crippen molar-refractivity contribution in [2.45, 2.75) is 83.2 Å². The predicted octanol–water partition coefficient (Wildman–Crippen LogP) is 1.12. The zero-order valence-corrected chi connectivity index (χ0v) is 23.4. The SMILES string of the molecule is CCCCCC[N+](C)(CCCCC)CCC[Si](O)(O)OCC(CO)(CO)NCCCS(=O)(=O)O. The highest BCUT2D eigenvalue weighted by Gasteiger charge is 2.38. The normalized spacial score (nSPS) is 14.9. The molecule has 0 aliphatic carbocycles. The molecular formula is C22H51N2O8SSi+. The minimum atomic E-state index is -4.10. The largest absolute Gasteiger partial charge is 0.495 e. The van der Waals surface area contributed by atoms with E-state index in [9.17, 15) is 28.2 Å². The van der Waals surface area contributed by atoms with Crippen molar-refractivity contribution in [2.75, 3.05) is 58.8 Å². The Bertz CT molecular complexity index is 620. The summed E-state index contributed by atoms with van der Waals surface area (Å²) < 4.78 is 36.8. The van der Waals surface area contributed by atoms with Crippen molar-refractivity contribution < 1.29 is 41.7 Å². The van der Waals surface area contributed by atoms with Crippen LogP contribution in [0.1, 0.15) is 71.6 Å². The van der Waals surface area contributed by atoms with Gasteiger partial charge in [-0.05, 0) is 38.6 Å². The second-order valence-corrected chi connectivity index (χ2v) is 13.7. The number of aliphatic hydroxyl groups is 2. The minimum absolute atomic E-state index is 0.0637. The summed E-state index contributed by atoms with van der Waals surface area (Å²) in [6.07, 6.45) is 8.95. The number of nitrogens with zero attached hydrogens (tertiary/aromatic N) is 1. The first kappa shape index (κ1) is 33.8. The van der Waals surface area contributed by atoms with E-state index in [1.165, 1.54) is 25.7 Å². The van der Waals surface area contributed by atoms with Gasteiger partial charge in [-0.1, -0.05) is 33.1 Å². The molecule has 0 aromatic carbocycles. The van der Waals surface area contributed by atoms with Gasteiger partial charge >= 0.3 is 8.80 Å². The second-order valence-electron chi connectivity index (χ2n) is 9.86. The molecule has 0 aromatic rings. The molecule has 0 radical (unpaired) electrons. The first-order chi connectivity index (χ1) is 15.9. The highest BCUT2D eigenvalue weighted by molar-refractivity contribution is 7.85. The van der Waals surface area contributed by atoms with Crippen LogP contribution in [-0.2, 0) is 14.5 Å². The Morgan fingerprint density at radius 1 is 0.882 bits per heavy atom. The second kappa shape index (κ2) is 17.3. The lowest BCUT2D eigenvalue weighted by Gasteiger charge is -2.36. The summed E-state index contributed by atoms with van der Waals surface area (Å²) in [4.78, 5) is 20.9. The number of aliphatic hydroxyl groups excluding tert-OH is 2. The van der Waals surface area contributed by atoms with E-state index in [1.54, 1.807) is 0 Å². The lowest BCUT2D eigenvalue weighted by atomic mass is 10.0. The van der Waals surface area contributed by atoms with Crippen molar-refractivity contribution >= 4 is 18.9 Å². The van der Waals surface area contributed by atoms with Gasteiger partial charge in [0.2, 0.25) is 0 Å². The number of nitrogens with one attached hydrogen (secondary N) is 1. The lowest BCUT2D eigenvalue weighted by Crippen LogP contribution is -2.58. The monoisotopic (exact) mass is 531 g/mol. The van der Waals surface area contributed by atoms with Gasteiger partial charge in [-0.2, -0.15) is 8.42 Å². The van der Waals surface area contributed by atoms with Gasteiger partial charge in [-0.25, -0.2) is 0 Å². The predicted molar refractivity (Wildman–Crippen MR) is 136 cm³/mol. The first-order valence-corrected chi connectivity index (χ1v) is 16.3. The molecule has 10 nitrogen and oxygen atoms in total. The van der Waals surface area contributed by atoms with E-state index in [4.69, 9.17) is 8.98 Å². The van der Waals surface area contributed by atoms with Crippen molar-refractivity contribution in [3.63, 3.8) is 0 Å². The Labute approximate surface area is 208 Å². The zero-order chi connectivity index (χ0) is 26.1. The van der Waals surface area contributed by atoms with E-state index in [-0.39, 0.29) is 25.6 Å². The molecule has 0 rings (SSSR count). The fourth-order valence-electron chi connectivity index (χ4n) is 3.93. The quantitative estimate of drug-likeness (QED) is 0.0492. The summed E-state index contributed by atoms with van der Waals surface area (Å²) in [5.41, 5.74) is -1.34. The standard InChI is InChI=1S/C22H50N2O8SSi/c1-4-6-8-10-15-24(3,14-9-7-5-2)16-12-18-34(30,31)32-21-22(19-25,20-26)23-13-11-17-33(27,28)29/h23,25-26,30-31H,4-21H2,1-3H3/p+1. The molecule has 0 aliphatic rings. The number of rotatable bonds is 23. The molecular weight excluding hydrogens is 480 g/mol. The van der Waals surface area contributed by atoms with Crippen LogP contribution in [0.5, 0.6) is 0 Å². The number of unbranched alkanes of at least 4 members (excludes halogenated alkanes) is 5. The van der Waals surface area contributed by atoms with Gasteiger partial charge in [-0.15, -0.1) is 0 Å². The number of quaternary nitrogens is 1. The minimum Gasteiger partial charge on any atom is -0.394 e. The highest BCUT2D eigenvalue weighted by Crippen LogP contribution is 2.17. The molecule has 0 heterocycles. The maximum Gasteiger partial charge on any atom is 0.495 e. The summed E-state index contributed by atoms with van der Waals surface area (Å²) in [6.45, 7) is 6.02. The molecule has 206 valence electrons. The summed E-state index contributed by atoms with van der Waals surface area (Å²) in [5.74, 6) is -0.458. The van der Waals surface area contributed by atoms with E-state index in [2.05, 4.69) is 26.2 Å². The van der Waals surface area contributed by atoms with Crippen LogP contribution in [0.4, 0.5) is 0 Å². The molecule has 0 spiro atoms. The molecule has 1 atom stereocenters. The van der Waals surface area contributed by atoms with Crippen molar-refractivity contribution in [2.24, 2.45) is 0 Å². The van der Waals surface area contributed by atoms with Crippen LogP contribution in [-0.4, -0.2) is 110 Å². The van der Waals surface area contributed by atoms with Gasteiger partial charge in [0.25, 0.3) is 10.1 Å². The van der Waals surface area contributed by atoms with Crippen molar-refractivity contribution in [3.8, 4) is 0 Å². The van der Waals surface area contributed by atoms with Gasteiger partial charge in [-0.3, -0.25) is 4.55 Å². The summed E-state index contributed by atoms with van der Waals surface area (Å²) in [7, 11) is -5.88. The van der Waals surface area contributed by atoms with Crippen LogP contribution >= 0.6 is 0 Å². The topological polar surface area (TPSA) is 157 Å². The molecule has 34 heavy (non-hydrogen) atoms. The fraction of sp³-hybridized carbons (Fsp3) is 1.00. The summed E-state index contributed by atoms with van der Waals surface area (Å²) in [6, 6.07) is 0.124. The molecule has 0 amide bonds. The maximum absolute atomic E-state index is 10.8. The van der Waals surface area contributed by atoms with Gasteiger partial charge < -0.3 is 34.0 Å². The van der Waals surface area contributed by atoms with E-state index >= 15 is 0 Å². The van der Waals surface area contributed by atoms with Crippen LogP contribution in [0.3, 0.4) is 0 Å². The molecule has 0 bridgehead atoms. The molecule has 6 N–H and O–H groups in total. The Balaban J connectivity index is 4.73. The number of hydrogen-bond acceptors (Lipinski definition) is 8. The maximum atomic E-state index is 10.8. The molecule has 12 heteroatoms. The zero-order valence-electron chi connectivity index (χ0n) is 21.5. The molecule has 0 aliphatic heterocycles. The van der Waals surface area contributed by atoms with Crippen LogP contribution < -0.4 is 5.32 Å². The molecule has 1 unspecified atom stereocenters.